The standard InChI is InChI=1S/C19H24FN7O2/c1-4-26(5-2)11-10-21-12-15-22-16-17(24-23-15)27(19(29)25(3)18(16)28)14-8-6-13(20)7-9-14/h6-9,21H,4-5,10-12H2,1-3H3. The molecule has 0 atom stereocenters. The third kappa shape index (κ3) is 4.38. The highest BCUT2D eigenvalue weighted by Gasteiger charge is 2.16. The van der Waals surface area contributed by atoms with Crippen molar-refractivity contribution in [3.05, 3.63) is 56.7 Å². The number of fused-ring (bicyclic) bond motifs is 1. The van der Waals surface area contributed by atoms with Gasteiger partial charge >= 0.3 is 5.69 Å². The van der Waals surface area contributed by atoms with Crippen molar-refractivity contribution in [2.45, 2.75) is 20.4 Å². The lowest BCUT2D eigenvalue weighted by Crippen LogP contribution is -2.38. The van der Waals surface area contributed by atoms with Crippen LogP contribution < -0.4 is 16.6 Å². The maximum Gasteiger partial charge on any atom is 0.337 e. The summed E-state index contributed by atoms with van der Waals surface area (Å²) in [6.07, 6.45) is 0. The maximum atomic E-state index is 13.3. The first-order chi connectivity index (χ1) is 14.0. The van der Waals surface area contributed by atoms with Crippen LogP contribution in [0.15, 0.2) is 33.9 Å². The minimum Gasteiger partial charge on any atom is -0.308 e. The topological polar surface area (TPSA) is 97.9 Å². The van der Waals surface area contributed by atoms with E-state index < -0.39 is 17.1 Å². The summed E-state index contributed by atoms with van der Waals surface area (Å²) >= 11 is 0. The third-order valence-electron chi connectivity index (χ3n) is 4.78. The number of hydrogen-bond donors (Lipinski definition) is 1. The normalized spacial score (nSPS) is 11.5. The molecule has 0 aliphatic carbocycles. The van der Waals surface area contributed by atoms with E-state index in [1.54, 1.807) is 0 Å². The van der Waals surface area contributed by atoms with Crippen molar-refractivity contribution in [1.29, 1.82) is 0 Å². The van der Waals surface area contributed by atoms with Gasteiger partial charge in [-0.15, -0.1) is 10.2 Å². The average molecular weight is 401 g/mol. The van der Waals surface area contributed by atoms with E-state index in [9.17, 15) is 14.0 Å². The van der Waals surface area contributed by atoms with Crippen LogP contribution in [0.1, 0.15) is 19.7 Å². The quantitative estimate of drug-likeness (QED) is 0.547. The highest BCUT2D eigenvalue weighted by molar-refractivity contribution is 5.70. The summed E-state index contributed by atoms with van der Waals surface area (Å²) in [4.78, 5) is 31.8. The fourth-order valence-electron chi connectivity index (χ4n) is 3.01. The van der Waals surface area contributed by atoms with Gasteiger partial charge in [0.2, 0.25) is 0 Å². The van der Waals surface area contributed by atoms with Gasteiger partial charge in [-0.1, -0.05) is 13.8 Å². The molecule has 0 saturated heterocycles. The van der Waals surface area contributed by atoms with E-state index in [0.29, 0.717) is 18.1 Å². The molecule has 0 amide bonds. The lowest BCUT2D eigenvalue weighted by atomic mass is 10.3. The van der Waals surface area contributed by atoms with E-state index >= 15 is 0 Å². The summed E-state index contributed by atoms with van der Waals surface area (Å²) in [6.45, 7) is 8.15. The Bertz CT molecular complexity index is 1100. The predicted molar refractivity (Wildman–Crippen MR) is 108 cm³/mol. The third-order valence-corrected chi connectivity index (χ3v) is 4.78. The second kappa shape index (κ2) is 9.01. The van der Waals surface area contributed by atoms with Gasteiger partial charge in [0.25, 0.3) is 5.56 Å². The van der Waals surface area contributed by atoms with E-state index in [2.05, 4.69) is 39.2 Å². The second-order valence-corrected chi connectivity index (χ2v) is 6.56. The molecule has 0 saturated carbocycles. The molecule has 0 aliphatic heterocycles. The van der Waals surface area contributed by atoms with Crippen molar-refractivity contribution in [2.24, 2.45) is 7.05 Å². The van der Waals surface area contributed by atoms with Gasteiger partial charge in [-0.3, -0.25) is 9.36 Å². The summed E-state index contributed by atoms with van der Waals surface area (Å²) in [5, 5.41) is 11.4. The van der Waals surface area contributed by atoms with E-state index in [-0.39, 0.29) is 11.2 Å². The minimum atomic E-state index is -0.602. The zero-order valence-corrected chi connectivity index (χ0v) is 16.7. The first-order valence-electron chi connectivity index (χ1n) is 9.50. The van der Waals surface area contributed by atoms with Gasteiger partial charge in [-0.05, 0) is 37.4 Å². The summed E-state index contributed by atoms with van der Waals surface area (Å²) in [5.41, 5.74) is -0.709. The lowest BCUT2D eigenvalue weighted by Gasteiger charge is -2.17. The number of rotatable bonds is 8. The predicted octanol–water partition coefficient (Wildman–Crippen LogP) is 0.445. The van der Waals surface area contributed by atoms with Gasteiger partial charge in [0.15, 0.2) is 17.0 Å². The lowest BCUT2D eigenvalue weighted by molar-refractivity contribution is 0.301. The number of hydrogen-bond acceptors (Lipinski definition) is 7. The molecular formula is C19H24FN7O2. The van der Waals surface area contributed by atoms with Gasteiger partial charge in [-0.25, -0.2) is 18.7 Å². The Kier molecular flexibility index (Phi) is 6.45. The SMILES string of the molecule is CCN(CC)CCNCc1nnc2c(n1)c(=O)n(C)c(=O)n2-c1ccc(F)cc1. The smallest absolute Gasteiger partial charge is 0.308 e. The molecule has 29 heavy (non-hydrogen) atoms. The summed E-state index contributed by atoms with van der Waals surface area (Å²) in [6, 6.07) is 5.33. The van der Waals surface area contributed by atoms with Gasteiger partial charge < -0.3 is 10.2 Å². The molecule has 0 unspecified atom stereocenters. The second-order valence-electron chi connectivity index (χ2n) is 6.56. The fourth-order valence-corrected chi connectivity index (χ4v) is 3.01. The zero-order chi connectivity index (χ0) is 21.0. The highest BCUT2D eigenvalue weighted by atomic mass is 19.1. The average Bonchev–Trinajstić information content (AvgIpc) is 2.74. The fraction of sp³-hybridized carbons (Fsp3) is 0.421. The number of nitrogens with one attached hydrogen (secondary N) is 1. The molecule has 9 nitrogen and oxygen atoms in total. The molecule has 0 fully saturated rings. The van der Waals surface area contributed by atoms with Crippen molar-refractivity contribution in [3.63, 3.8) is 0 Å². The molecule has 0 aliphatic rings. The highest BCUT2D eigenvalue weighted by Crippen LogP contribution is 2.11. The Morgan fingerprint density at radius 1 is 1.10 bits per heavy atom. The molecule has 10 heteroatoms. The van der Waals surface area contributed by atoms with Crippen LogP contribution in [0.25, 0.3) is 16.9 Å². The van der Waals surface area contributed by atoms with E-state index in [1.807, 2.05) is 0 Å². The van der Waals surface area contributed by atoms with E-state index in [4.69, 9.17) is 0 Å². The minimum absolute atomic E-state index is 0.0342. The Labute approximate surface area is 166 Å². The summed E-state index contributed by atoms with van der Waals surface area (Å²) in [5.74, 6) is -0.0725. The van der Waals surface area contributed by atoms with Crippen LogP contribution in [0, 0.1) is 5.82 Å². The Balaban J connectivity index is 1.94. The Morgan fingerprint density at radius 3 is 2.45 bits per heavy atom. The summed E-state index contributed by atoms with van der Waals surface area (Å²) < 4.78 is 15.4. The van der Waals surface area contributed by atoms with E-state index in [1.165, 1.54) is 35.9 Å². The van der Waals surface area contributed by atoms with E-state index in [0.717, 1.165) is 30.7 Å². The maximum absolute atomic E-state index is 13.3. The van der Waals surface area contributed by atoms with Crippen LogP contribution in [0.5, 0.6) is 0 Å². The largest absolute Gasteiger partial charge is 0.337 e. The molecule has 0 spiro atoms. The number of benzene rings is 1. The molecule has 3 rings (SSSR count). The van der Waals surface area contributed by atoms with Crippen LogP contribution in [-0.2, 0) is 13.6 Å². The molecule has 1 N–H and O–H groups in total. The number of nitrogens with zero attached hydrogens (tertiary/aromatic N) is 6. The molecule has 3 aromatic rings. The van der Waals surface area contributed by atoms with Crippen molar-refractivity contribution in [2.75, 3.05) is 26.2 Å². The van der Waals surface area contributed by atoms with Crippen molar-refractivity contribution in [3.8, 4) is 5.69 Å². The van der Waals surface area contributed by atoms with Gasteiger partial charge in [0.05, 0.1) is 12.2 Å². The molecule has 0 bridgehead atoms. The van der Waals surface area contributed by atoms with Crippen LogP contribution in [0.4, 0.5) is 4.39 Å². The molecule has 154 valence electrons. The first-order valence-corrected chi connectivity index (χ1v) is 9.50. The van der Waals surface area contributed by atoms with Crippen LogP contribution in [-0.4, -0.2) is 55.4 Å². The number of halogens is 1. The van der Waals surface area contributed by atoms with Crippen LogP contribution in [0.2, 0.25) is 0 Å². The van der Waals surface area contributed by atoms with Gasteiger partial charge in [0, 0.05) is 20.1 Å². The number of aromatic nitrogens is 5. The Morgan fingerprint density at radius 2 is 1.79 bits per heavy atom. The van der Waals surface area contributed by atoms with Gasteiger partial charge in [0.1, 0.15) is 5.82 Å². The summed E-state index contributed by atoms with van der Waals surface area (Å²) in [7, 11) is 1.37. The monoisotopic (exact) mass is 401 g/mol. The molecule has 2 aromatic heterocycles. The van der Waals surface area contributed by atoms with Gasteiger partial charge in [-0.2, -0.15) is 0 Å². The first kappa shape index (κ1) is 20.7. The molecular weight excluding hydrogens is 377 g/mol. The molecule has 1 aromatic carbocycles. The Hall–Kier alpha value is -2.98. The van der Waals surface area contributed by atoms with Crippen molar-refractivity contribution >= 4 is 11.2 Å². The van der Waals surface area contributed by atoms with Crippen molar-refractivity contribution in [1.82, 2.24) is 34.5 Å². The van der Waals surface area contributed by atoms with Crippen LogP contribution >= 0.6 is 0 Å². The molecule has 2 heterocycles. The van der Waals surface area contributed by atoms with Crippen LogP contribution in [0.3, 0.4) is 0 Å². The molecule has 0 radical (unpaired) electrons. The number of likely N-dealkylation sites (N-methyl/N-ethyl adjacent to an activating group) is 1. The van der Waals surface area contributed by atoms with Crippen molar-refractivity contribution < 1.29 is 4.39 Å². The zero-order valence-electron chi connectivity index (χ0n) is 16.7.